The van der Waals surface area contributed by atoms with Crippen molar-refractivity contribution in [3.8, 4) is 0 Å². The number of fused-ring (bicyclic) bond motifs is 3. The highest BCUT2D eigenvalue weighted by Gasteiger charge is 2.09. The Balaban J connectivity index is 2.07. The van der Waals surface area contributed by atoms with Crippen molar-refractivity contribution in [3.63, 3.8) is 0 Å². The van der Waals surface area contributed by atoms with E-state index < -0.39 is 0 Å². The number of allylic oxidation sites excluding steroid dienone is 1. The van der Waals surface area contributed by atoms with Gasteiger partial charge in [0.05, 0.1) is 6.54 Å². The lowest BCUT2D eigenvalue weighted by Gasteiger charge is -2.05. The van der Waals surface area contributed by atoms with Gasteiger partial charge in [-0.15, -0.1) is 0 Å². The van der Waals surface area contributed by atoms with Crippen LogP contribution in [0.1, 0.15) is 6.92 Å². The predicted octanol–water partition coefficient (Wildman–Crippen LogP) is 5.92. The molecule has 0 bridgehead atoms. The smallest absolute Gasteiger partial charge is 0.0520 e. The zero-order chi connectivity index (χ0) is 18.9. The third-order valence-electron chi connectivity index (χ3n) is 3.88. The summed E-state index contributed by atoms with van der Waals surface area (Å²) in [4.78, 5) is 0. The molecule has 1 heteroatoms. The van der Waals surface area contributed by atoms with Crippen molar-refractivity contribution in [2.45, 2.75) is 13.5 Å². The van der Waals surface area contributed by atoms with Crippen molar-refractivity contribution in [3.05, 3.63) is 118 Å². The van der Waals surface area contributed by atoms with Gasteiger partial charge in [0.15, 0.2) is 0 Å². The SMILES string of the molecule is C=C=C=C=C=C=C=C=C=C=C=C(C)Cn1c2ccccc2c2ccccc21. The standard InChI is InChI=1S/C26H15N/c1-3-4-5-6-7-8-9-10-11-16-22(2)21-27-25-19-14-12-17-23(25)24-18-13-15-20-26(24)27/h12-15,17-20H,1,21H2,2H3. The van der Waals surface area contributed by atoms with Gasteiger partial charge < -0.3 is 4.57 Å². The number of para-hydroxylation sites is 2. The fraction of sp³-hybridized carbons (Fsp3) is 0.0769. The summed E-state index contributed by atoms with van der Waals surface area (Å²) in [6, 6.07) is 16.9. The average Bonchev–Trinajstić information content (AvgIpc) is 3.01. The molecule has 0 radical (unpaired) electrons. The largest absolute Gasteiger partial charge is 0.336 e. The first-order valence-electron chi connectivity index (χ1n) is 8.38. The van der Waals surface area contributed by atoms with Crippen LogP contribution in [0.5, 0.6) is 0 Å². The fourth-order valence-corrected chi connectivity index (χ4v) is 2.82. The topological polar surface area (TPSA) is 4.93 Å². The van der Waals surface area contributed by atoms with Crippen LogP contribution in [-0.4, -0.2) is 4.57 Å². The van der Waals surface area contributed by atoms with Crippen LogP contribution >= 0.6 is 0 Å². The molecule has 0 saturated carbocycles. The molecule has 0 aliphatic carbocycles. The molecule has 1 nitrogen and oxygen atoms in total. The number of hydrogen-bond acceptors (Lipinski definition) is 0. The summed E-state index contributed by atoms with van der Waals surface area (Å²) in [7, 11) is 0. The van der Waals surface area contributed by atoms with Gasteiger partial charge in [-0.05, 0) is 77.1 Å². The molecular weight excluding hydrogens is 326 g/mol. The lowest BCUT2D eigenvalue weighted by Crippen LogP contribution is -1.97. The van der Waals surface area contributed by atoms with Gasteiger partial charge in [-0.3, -0.25) is 0 Å². The van der Waals surface area contributed by atoms with E-state index in [1.54, 1.807) is 0 Å². The lowest BCUT2D eigenvalue weighted by molar-refractivity contribution is 0.851. The molecule has 3 rings (SSSR count). The van der Waals surface area contributed by atoms with Crippen LogP contribution in [0.4, 0.5) is 0 Å². The van der Waals surface area contributed by atoms with Crippen LogP contribution in [0.15, 0.2) is 118 Å². The molecule has 0 saturated heterocycles. The van der Waals surface area contributed by atoms with E-state index in [2.05, 4.69) is 117 Å². The van der Waals surface area contributed by atoms with Crippen molar-refractivity contribution >= 4 is 21.8 Å². The maximum Gasteiger partial charge on any atom is 0.0520 e. The molecule has 27 heavy (non-hydrogen) atoms. The second-order valence-electron chi connectivity index (χ2n) is 5.70. The summed E-state index contributed by atoms with van der Waals surface area (Å²) in [6.45, 7) is 6.10. The number of hydrogen-bond donors (Lipinski definition) is 0. The van der Waals surface area contributed by atoms with Gasteiger partial charge in [0.1, 0.15) is 0 Å². The predicted molar refractivity (Wildman–Crippen MR) is 109 cm³/mol. The first-order valence-corrected chi connectivity index (χ1v) is 8.38. The monoisotopic (exact) mass is 341 g/mol. The zero-order valence-electron chi connectivity index (χ0n) is 15.0. The second kappa shape index (κ2) is 8.75. The van der Waals surface area contributed by atoms with Gasteiger partial charge in [0, 0.05) is 21.8 Å². The zero-order valence-corrected chi connectivity index (χ0v) is 15.0. The molecule has 2 aromatic carbocycles. The molecule has 0 spiro atoms. The molecule has 1 aromatic heterocycles. The fourth-order valence-electron chi connectivity index (χ4n) is 2.82. The Morgan fingerprint density at radius 3 is 1.78 bits per heavy atom. The lowest BCUT2D eigenvalue weighted by atomic mass is 10.2. The van der Waals surface area contributed by atoms with Gasteiger partial charge in [-0.1, -0.05) is 47.9 Å². The Hall–Kier alpha value is -4.22. The summed E-state index contributed by atoms with van der Waals surface area (Å²) in [5.41, 5.74) is 30.0. The number of nitrogens with zero attached hydrogens (tertiary/aromatic N) is 1. The third-order valence-corrected chi connectivity index (χ3v) is 3.88. The first-order chi connectivity index (χ1) is 13.3. The van der Waals surface area contributed by atoms with E-state index in [1.807, 2.05) is 6.92 Å². The first kappa shape index (κ1) is 17.6. The van der Waals surface area contributed by atoms with Gasteiger partial charge in [0.25, 0.3) is 0 Å². The van der Waals surface area contributed by atoms with Gasteiger partial charge in [0.2, 0.25) is 0 Å². The molecule has 0 atom stereocenters. The average molecular weight is 341 g/mol. The summed E-state index contributed by atoms with van der Waals surface area (Å²) in [5, 5.41) is 2.52. The maximum absolute atomic E-state index is 3.36. The Morgan fingerprint density at radius 1 is 0.741 bits per heavy atom. The van der Waals surface area contributed by atoms with E-state index in [9.17, 15) is 0 Å². The van der Waals surface area contributed by atoms with Crippen molar-refractivity contribution in [2.75, 3.05) is 0 Å². The minimum absolute atomic E-state index is 0.726. The molecule has 0 N–H and O–H groups in total. The highest BCUT2D eigenvalue weighted by molar-refractivity contribution is 6.07. The third kappa shape index (κ3) is 4.25. The van der Waals surface area contributed by atoms with E-state index in [-0.39, 0.29) is 0 Å². The highest BCUT2D eigenvalue weighted by Crippen LogP contribution is 2.29. The van der Waals surface area contributed by atoms with E-state index in [0.717, 1.165) is 12.1 Å². The Bertz CT molecular complexity index is 1360. The maximum atomic E-state index is 3.36. The molecule has 124 valence electrons. The number of rotatable bonds is 2. The molecule has 1 heterocycles. The summed E-state index contributed by atoms with van der Waals surface area (Å²) in [5.74, 6) is 0. The van der Waals surface area contributed by atoms with Crippen molar-refractivity contribution in [1.29, 1.82) is 0 Å². The van der Waals surface area contributed by atoms with Crippen LogP contribution in [0.3, 0.4) is 0 Å². The molecular formula is C26H15N. The van der Waals surface area contributed by atoms with Crippen molar-refractivity contribution in [1.82, 2.24) is 4.57 Å². The quantitative estimate of drug-likeness (QED) is 0.510. The normalized spacial score (nSPS) is 8.48. The molecule has 0 aliphatic heterocycles. The number of aromatic nitrogens is 1. The Morgan fingerprint density at radius 2 is 1.22 bits per heavy atom. The summed E-state index contributed by atoms with van der Waals surface area (Å²) in [6.07, 6.45) is 0. The van der Waals surface area contributed by atoms with E-state index >= 15 is 0 Å². The van der Waals surface area contributed by atoms with Crippen molar-refractivity contribution in [2.24, 2.45) is 0 Å². The van der Waals surface area contributed by atoms with Gasteiger partial charge >= 0.3 is 0 Å². The Labute approximate surface area is 158 Å². The molecule has 0 fully saturated rings. The highest BCUT2D eigenvalue weighted by atomic mass is 15.0. The van der Waals surface area contributed by atoms with Crippen molar-refractivity contribution < 1.29 is 0 Å². The van der Waals surface area contributed by atoms with Gasteiger partial charge in [-0.25, -0.2) is 0 Å². The molecule has 0 amide bonds. The summed E-state index contributed by atoms with van der Waals surface area (Å²) >= 11 is 0. The molecule has 3 aromatic rings. The minimum Gasteiger partial charge on any atom is -0.336 e. The van der Waals surface area contributed by atoms with Gasteiger partial charge in [-0.2, -0.15) is 0 Å². The van der Waals surface area contributed by atoms with Crippen LogP contribution in [0.2, 0.25) is 0 Å². The molecule has 0 unspecified atom stereocenters. The summed E-state index contributed by atoms with van der Waals surface area (Å²) < 4.78 is 2.29. The van der Waals surface area contributed by atoms with E-state index in [1.165, 1.54) is 21.8 Å². The van der Waals surface area contributed by atoms with E-state index in [0.29, 0.717) is 0 Å². The van der Waals surface area contributed by atoms with Crippen LogP contribution in [-0.2, 0) is 6.54 Å². The van der Waals surface area contributed by atoms with E-state index in [4.69, 9.17) is 0 Å². The number of benzene rings is 2. The minimum atomic E-state index is 0.726. The molecule has 0 aliphatic rings. The Kier molecular flexibility index (Phi) is 5.70. The van der Waals surface area contributed by atoms with Crippen LogP contribution in [0.25, 0.3) is 21.8 Å². The van der Waals surface area contributed by atoms with Crippen LogP contribution < -0.4 is 0 Å². The second-order valence-corrected chi connectivity index (χ2v) is 5.70. The van der Waals surface area contributed by atoms with Crippen LogP contribution in [0, 0.1) is 0 Å².